The Morgan fingerprint density at radius 2 is 2.03 bits per heavy atom. The van der Waals surface area contributed by atoms with Crippen LogP contribution in [-0.2, 0) is 0 Å². The number of anilines is 1. The van der Waals surface area contributed by atoms with E-state index in [4.69, 9.17) is 4.98 Å². The van der Waals surface area contributed by atoms with E-state index < -0.39 is 0 Å². The van der Waals surface area contributed by atoms with E-state index in [0.29, 0.717) is 19.0 Å². The Kier molecular flexibility index (Phi) is 6.17. The summed E-state index contributed by atoms with van der Waals surface area (Å²) in [7, 11) is 0. The van der Waals surface area contributed by atoms with Crippen molar-refractivity contribution in [3.05, 3.63) is 48.4 Å². The molecule has 3 aromatic heterocycles. The summed E-state index contributed by atoms with van der Waals surface area (Å²) in [6.45, 7) is 9.15. The smallest absolute Gasteiger partial charge is 0.317 e. The molecule has 2 saturated heterocycles. The second-order valence-electron chi connectivity index (χ2n) is 9.37. The van der Waals surface area contributed by atoms with Crippen molar-refractivity contribution in [1.82, 2.24) is 30.1 Å². The van der Waals surface area contributed by atoms with Gasteiger partial charge < -0.3 is 20.4 Å². The molecule has 33 heavy (non-hydrogen) atoms. The molecule has 0 radical (unpaired) electrons. The van der Waals surface area contributed by atoms with Gasteiger partial charge in [0, 0.05) is 62.9 Å². The molecule has 2 N–H and O–H groups in total. The molecule has 3 aromatic rings. The molecule has 0 spiro atoms. The molecule has 0 bridgehead atoms. The monoisotopic (exact) mass is 447 g/mol. The summed E-state index contributed by atoms with van der Waals surface area (Å²) in [4.78, 5) is 21.3. The largest absolute Gasteiger partial charge is 0.366 e. The van der Waals surface area contributed by atoms with Crippen molar-refractivity contribution in [2.75, 3.05) is 44.2 Å². The first-order chi connectivity index (χ1) is 16.1. The van der Waals surface area contributed by atoms with E-state index in [2.05, 4.69) is 51.1 Å². The number of fused-ring (bicyclic) bond motifs is 1. The molecular weight excluding hydrogens is 414 g/mol. The molecule has 174 valence electrons. The summed E-state index contributed by atoms with van der Waals surface area (Å²) < 4.78 is 1.93. The molecule has 2 aliphatic heterocycles. The van der Waals surface area contributed by atoms with Crippen molar-refractivity contribution in [3.8, 4) is 11.3 Å². The van der Waals surface area contributed by atoms with Gasteiger partial charge in [-0.2, -0.15) is 5.10 Å². The minimum absolute atomic E-state index is 0.0213. The van der Waals surface area contributed by atoms with E-state index in [0.717, 1.165) is 48.6 Å². The predicted molar refractivity (Wildman–Crippen MR) is 131 cm³/mol. The number of piperidine rings is 1. The summed E-state index contributed by atoms with van der Waals surface area (Å²) in [6.07, 6.45) is 8.38. The zero-order valence-electron chi connectivity index (χ0n) is 19.5. The number of urea groups is 1. The molecular formula is C25H33N7O. The van der Waals surface area contributed by atoms with Crippen molar-refractivity contribution >= 4 is 17.2 Å². The number of pyridine rings is 1. The fourth-order valence-corrected chi connectivity index (χ4v) is 4.85. The van der Waals surface area contributed by atoms with Gasteiger partial charge in [0.2, 0.25) is 0 Å². The van der Waals surface area contributed by atoms with Gasteiger partial charge in [0.1, 0.15) is 0 Å². The Bertz CT molecular complexity index is 1090. The number of hydrogen-bond donors (Lipinski definition) is 2. The molecule has 0 saturated carbocycles. The third kappa shape index (κ3) is 4.66. The Labute approximate surface area is 195 Å². The van der Waals surface area contributed by atoms with Crippen molar-refractivity contribution in [1.29, 1.82) is 0 Å². The average molecular weight is 448 g/mol. The average Bonchev–Trinajstić information content (AvgIpc) is 3.29. The Balaban J connectivity index is 1.32. The summed E-state index contributed by atoms with van der Waals surface area (Å²) in [6, 6.07) is 8.76. The number of amides is 2. The lowest BCUT2D eigenvalue weighted by Crippen LogP contribution is -2.53. The quantitative estimate of drug-likeness (QED) is 0.643. The zero-order valence-corrected chi connectivity index (χ0v) is 19.5. The van der Waals surface area contributed by atoms with Crippen LogP contribution in [0.25, 0.3) is 16.8 Å². The van der Waals surface area contributed by atoms with Crippen LogP contribution in [0.15, 0.2) is 42.9 Å². The number of hydrogen-bond acceptors (Lipinski definition) is 5. The maximum Gasteiger partial charge on any atom is 0.317 e. The summed E-state index contributed by atoms with van der Waals surface area (Å²) in [5, 5.41) is 11.0. The molecule has 8 heteroatoms. The molecule has 0 aliphatic carbocycles. The van der Waals surface area contributed by atoms with Crippen LogP contribution in [0.3, 0.4) is 0 Å². The van der Waals surface area contributed by atoms with Gasteiger partial charge in [-0.1, -0.05) is 6.07 Å². The number of nitrogens with one attached hydrogen (secondary N) is 2. The Morgan fingerprint density at radius 3 is 2.73 bits per heavy atom. The van der Waals surface area contributed by atoms with Crippen molar-refractivity contribution in [3.63, 3.8) is 0 Å². The maximum atomic E-state index is 12.3. The summed E-state index contributed by atoms with van der Waals surface area (Å²) >= 11 is 0. The maximum absolute atomic E-state index is 12.3. The molecule has 0 aromatic carbocycles. The molecule has 5 rings (SSSR count). The number of piperazine rings is 1. The minimum atomic E-state index is 0.0213. The second kappa shape index (κ2) is 9.39. The fraction of sp³-hybridized carbons (Fsp3) is 0.480. The van der Waals surface area contributed by atoms with Crippen LogP contribution < -0.4 is 15.5 Å². The van der Waals surface area contributed by atoms with E-state index in [1.54, 1.807) is 0 Å². The highest BCUT2D eigenvalue weighted by Crippen LogP contribution is 2.29. The highest BCUT2D eigenvalue weighted by Gasteiger charge is 2.23. The van der Waals surface area contributed by atoms with Gasteiger partial charge >= 0.3 is 6.03 Å². The number of carbonyl (C=O) groups excluding carboxylic acids is 1. The van der Waals surface area contributed by atoms with Crippen LogP contribution in [0, 0.1) is 0 Å². The third-order valence-corrected chi connectivity index (χ3v) is 6.66. The number of rotatable bonds is 4. The molecule has 1 atom stereocenters. The van der Waals surface area contributed by atoms with Crippen LogP contribution in [0.4, 0.5) is 10.5 Å². The van der Waals surface area contributed by atoms with E-state index >= 15 is 0 Å². The highest BCUT2D eigenvalue weighted by atomic mass is 16.2. The van der Waals surface area contributed by atoms with Crippen molar-refractivity contribution < 1.29 is 4.79 Å². The lowest BCUT2D eigenvalue weighted by molar-refractivity contribution is 0.192. The van der Waals surface area contributed by atoms with Gasteiger partial charge in [0.25, 0.3) is 0 Å². The Morgan fingerprint density at radius 1 is 1.18 bits per heavy atom. The van der Waals surface area contributed by atoms with Crippen LogP contribution in [0.5, 0.6) is 0 Å². The normalized spacial score (nSPS) is 19.3. The van der Waals surface area contributed by atoms with E-state index in [1.165, 1.54) is 18.4 Å². The Hall–Kier alpha value is -3.13. The molecule has 5 heterocycles. The summed E-state index contributed by atoms with van der Waals surface area (Å²) in [5.74, 6) is 0.558. The minimum Gasteiger partial charge on any atom is -0.366 e. The third-order valence-electron chi connectivity index (χ3n) is 6.66. The summed E-state index contributed by atoms with van der Waals surface area (Å²) in [5.41, 5.74) is 5.56. The van der Waals surface area contributed by atoms with E-state index in [1.807, 2.05) is 35.7 Å². The van der Waals surface area contributed by atoms with Gasteiger partial charge in [0.15, 0.2) is 0 Å². The molecule has 2 fully saturated rings. The standard InChI is InChI=1S/C25H33N7O/c1-18(2)29-25(33)31-12-10-30(11-13-31)23-7-9-28-32-17-21(14-24(23)32)22-6-5-20(16-27-22)19-4-3-8-26-15-19/h5-7,9,14,16-19,26H,3-4,8,10-13,15H2,1-2H3,(H,29,33). The lowest BCUT2D eigenvalue weighted by Gasteiger charge is -2.36. The molecule has 8 nitrogen and oxygen atoms in total. The first-order valence-electron chi connectivity index (χ1n) is 12.0. The van der Waals surface area contributed by atoms with Crippen LogP contribution >= 0.6 is 0 Å². The molecule has 2 aliphatic rings. The molecule has 1 unspecified atom stereocenters. The fourth-order valence-electron chi connectivity index (χ4n) is 4.85. The highest BCUT2D eigenvalue weighted by molar-refractivity contribution is 5.79. The van der Waals surface area contributed by atoms with Gasteiger partial charge in [-0.25, -0.2) is 9.31 Å². The predicted octanol–water partition coefficient (Wildman–Crippen LogP) is 3.10. The number of aromatic nitrogens is 3. The SMILES string of the molecule is CC(C)NC(=O)N1CCN(c2ccnn3cc(-c4ccc(C5CCCNC5)cn4)cc23)CC1. The van der Waals surface area contributed by atoms with Crippen LogP contribution in [-0.4, -0.2) is 70.8 Å². The lowest BCUT2D eigenvalue weighted by atomic mass is 9.92. The van der Waals surface area contributed by atoms with Gasteiger partial charge in [-0.3, -0.25) is 4.98 Å². The number of carbonyl (C=O) groups is 1. The van der Waals surface area contributed by atoms with Crippen LogP contribution in [0.2, 0.25) is 0 Å². The van der Waals surface area contributed by atoms with E-state index in [9.17, 15) is 4.79 Å². The topological polar surface area (TPSA) is 77.8 Å². The van der Waals surface area contributed by atoms with Gasteiger partial charge in [-0.15, -0.1) is 0 Å². The van der Waals surface area contributed by atoms with Crippen LogP contribution in [0.1, 0.15) is 38.2 Å². The van der Waals surface area contributed by atoms with E-state index in [-0.39, 0.29) is 12.1 Å². The molecule has 2 amide bonds. The van der Waals surface area contributed by atoms with Gasteiger partial charge in [-0.05, 0) is 62.9 Å². The second-order valence-corrected chi connectivity index (χ2v) is 9.37. The van der Waals surface area contributed by atoms with Crippen molar-refractivity contribution in [2.24, 2.45) is 0 Å². The first kappa shape index (κ1) is 21.7. The number of nitrogens with zero attached hydrogens (tertiary/aromatic N) is 5. The zero-order chi connectivity index (χ0) is 22.8. The van der Waals surface area contributed by atoms with Gasteiger partial charge in [0.05, 0.1) is 16.9 Å². The first-order valence-corrected chi connectivity index (χ1v) is 12.0. The van der Waals surface area contributed by atoms with Crippen molar-refractivity contribution in [2.45, 2.75) is 38.6 Å².